The summed E-state index contributed by atoms with van der Waals surface area (Å²) in [6.07, 6.45) is 1.01. The van der Waals surface area contributed by atoms with Crippen LogP contribution in [0.2, 0.25) is 0 Å². The highest BCUT2D eigenvalue weighted by atomic mass is 19.4. The highest BCUT2D eigenvalue weighted by molar-refractivity contribution is 6.04. The summed E-state index contributed by atoms with van der Waals surface area (Å²) in [5, 5.41) is 7.10. The molecule has 33 heavy (non-hydrogen) atoms. The van der Waals surface area contributed by atoms with Crippen LogP contribution in [0.3, 0.4) is 0 Å². The number of ketones is 1. The minimum absolute atomic E-state index is 0.0979. The van der Waals surface area contributed by atoms with Crippen molar-refractivity contribution in [1.82, 2.24) is 19.2 Å². The molecule has 4 rings (SSSR count). The molecule has 1 N–H and O–H groups in total. The molecule has 4 aromatic rings. The second-order valence-electron chi connectivity index (χ2n) is 7.58. The van der Waals surface area contributed by atoms with E-state index in [-0.39, 0.29) is 11.3 Å². The Balaban J connectivity index is 1.74. The molecule has 0 aliphatic carbocycles. The number of rotatable bonds is 7. The van der Waals surface area contributed by atoms with Crippen molar-refractivity contribution in [2.24, 2.45) is 7.05 Å². The summed E-state index contributed by atoms with van der Waals surface area (Å²) in [6, 6.07) is 7.23. The van der Waals surface area contributed by atoms with Crippen molar-refractivity contribution in [3.8, 4) is 28.1 Å². The molecule has 0 aliphatic heterocycles. The summed E-state index contributed by atoms with van der Waals surface area (Å²) < 4.78 is 46.9. The van der Waals surface area contributed by atoms with Crippen LogP contribution < -0.4 is 10.1 Å². The Bertz CT molecular complexity index is 1300. The number of alkyl halides is 3. The molecule has 1 aromatic carbocycles. The first kappa shape index (κ1) is 22.4. The van der Waals surface area contributed by atoms with Crippen molar-refractivity contribution in [3.05, 3.63) is 54.6 Å². The van der Waals surface area contributed by atoms with Crippen molar-refractivity contribution >= 4 is 17.1 Å². The lowest BCUT2D eigenvalue weighted by Gasteiger charge is -2.16. The largest absolute Gasteiger partial charge is 0.496 e. The molecule has 0 saturated heterocycles. The van der Waals surface area contributed by atoms with Gasteiger partial charge >= 0.3 is 6.18 Å². The summed E-state index contributed by atoms with van der Waals surface area (Å²) in [7, 11) is 4.83. The molecule has 0 radical (unpaired) electrons. The number of anilines is 1. The van der Waals surface area contributed by atoms with E-state index in [2.05, 4.69) is 15.4 Å². The zero-order valence-corrected chi connectivity index (χ0v) is 18.3. The van der Waals surface area contributed by atoms with Gasteiger partial charge in [0.05, 0.1) is 37.2 Å². The van der Waals surface area contributed by atoms with Crippen LogP contribution >= 0.6 is 0 Å². The van der Waals surface area contributed by atoms with E-state index in [1.807, 2.05) is 36.0 Å². The van der Waals surface area contributed by atoms with Crippen LogP contribution in [0.15, 0.2) is 49.1 Å². The molecular weight excluding hydrogens is 435 g/mol. The minimum atomic E-state index is -4.41. The Morgan fingerprint density at radius 3 is 2.58 bits per heavy atom. The van der Waals surface area contributed by atoms with E-state index < -0.39 is 24.8 Å². The van der Waals surface area contributed by atoms with Gasteiger partial charge in [-0.15, -0.1) is 0 Å². The van der Waals surface area contributed by atoms with Gasteiger partial charge in [-0.25, -0.2) is 4.98 Å². The Kier molecular flexibility index (Phi) is 5.84. The monoisotopic (exact) mass is 457 g/mol. The molecule has 7 nitrogen and oxygen atoms in total. The van der Waals surface area contributed by atoms with Crippen LogP contribution in [0.1, 0.15) is 23.2 Å². The molecule has 0 spiro atoms. The van der Waals surface area contributed by atoms with Gasteiger partial charge in [-0.05, 0) is 29.8 Å². The molecule has 0 fully saturated rings. The number of hydrogen-bond acceptors (Lipinski definition) is 5. The van der Waals surface area contributed by atoms with Crippen molar-refractivity contribution in [2.45, 2.75) is 19.0 Å². The van der Waals surface area contributed by atoms with Gasteiger partial charge in [0.25, 0.3) is 0 Å². The number of methoxy groups -OCH3 is 1. The van der Waals surface area contributed by atoms with Gasteiger partial charge in [0, 0.05) is 49.7 Å². The number of Topliss-reactive ketones (excluding diaryl/α,β-unsaturated/α-hetero) is 1. The minimum Gasteiger partial charge on any atom is -0.496 e. The zero-order valence-electron chi connectivity index (χ0n) is 18.3. The van der Waals surface area contributed by atoms with Crippen LogP contribution in [-0.2, 0) is 7.05 Å². The maximum absolute atomic E-state index is 12.6. The Hall–Kier alpha value is -3.82. The van der Waals surface area contributed by atoms with E-state index >= 15 is 0 Å². The number of pyridine rings is 1. The number of ether oxygens (including phenoxy) is 1. The molecule has 172 valence electrons. The normalized spacial score (nSPS) is 11.7. The van der Waals surface area contributed by atoms with Crippen LogP contribution in [0.25, 0.3) is 28.0 Å². The van der Waals surface area contributed by atoms with Crippen molar-refractivity contribution in [1.29, 1.82) is 0 Å². The second kappa shape index (κ2) is 8.61. The van der Waals surface area contributed by atoms with Crippen molar-refractivity contribution in [2.75, 3.05) is 19.5 Å². The molecule has 3 aromatic heterocycles. The van der Waals surface area contributed by atoms with Crippen LogP contribution in [0.5, 0.6) is 5.75 Å². The zero-order chi connectivity index (χ0) is 23.8. The number of aryl methyl sites for hydroxylation is 1. The number of fused-ring (bicyclic) bond motifs is 1. The van der Waals surface area contributed by atoms with E-state index in [4.69, 9.17) is 4.74 Å². The number of benzene rings is 1. The van der Waals surface area contributed by atoms with Gasteiger partial charge < -0.3 is 10.1 Å². The third-order valence-electron chi connectivity index (χ3n) is 5.35. The predicted molar refractivity (Wildman–Crippen MR) is 119 cm³/mol. The van der Waals surface area contributed by atoms with E-state index in [0.29, 0.717) is 16.9 Å². The van der Waals surface area contributed by atoms with Crippen LogP contribution in [0, 0.1) is 0 Å². The molecule has 10 heteroatoms. The molecule has 0 saturated carbocycles. The lowest BCUT2D eigenvalue weighted by Crippen LogP contribution is -2.13. The van der Waals surface area contributed by atoms with Gasteiger partial charge in [0.15, 0.2) is 5.78 Å². The number of carbonyl (C=O) groups excluding carboxylic acids is 1. The maximum Gasteiger partial charge on any atom is 0.389 e. The standard InChI is InChI=1S/C23H22F3N5O2/c1-27-17-8-15(9-20(33-3)22(17)19(32)4-6-23(24,25)26)18-12-28-21-10-14(5-7-31(18)21)16-11-29-30(2)13-16/h5,7-13,27H,4,6H2,1-3H3. The number of hydrogen-bond donors (Lipinski definition) is 1. The van der Waals surface area contributed by atoms with E-state index in [0.717, 1.165) is 16.8 Å². The number of imidazole rings is 1. The third kappa shape index (κ3) is 4.55. The lowest BCUT2D eigenvalue weighted by molar-refractivity contribution is -0.133. The molecule has 0 unspecified atom stereocenters. The number of aromatic nitrogens is 4. The average Bonchev–Trinajstić information content (AvgIpc) is 3.41. The summed E-state index contributed by atoms with van der Waals surface area (Å²) >= 11 is 0. The molecule has 0 bridgehead atoms. The maximum atomic E-state index is 12.6. The number of halogens is 3. The Labute approximate surface area is 187 Å². The number of nitrogens with one attached hydrogen (secondary N) is 1. The first-order valence-electron chi connectivity index (χ1n) is 10.2. The first-order chi connectivity index (χ1) is 15.7. The van der Waals surface area contributed by atoms with E-state index in [1.165, 1.54) is 7.11 Å². The third-order valence-corrected chi connectivity index (χ3v) is 5.35. The van der Waals surface area contributed by atoms with Gasteiger partial charge in [0.1, 0.15) is 11.4 Å². The van der Waals surface area contributed by atoms with Crippen molar-refractivity contribution < 1.29 is 22.7 Å². The number of carbonyl (C=O) groups is 1. The predicted octanol–water partition coefficient (Wildman–Crippen LogP) is 4.98. The Morgan fingerprint density at radius 1 is 1.15 bits per heavy atom. The highest BCUT2D eigenvalue weighted by Gasteiger charge is 2.30. The van der Waals surface area contributed by atoms with Gasteiger partial charge in [-0.1, -0.05) is 0 Å². The molecular formula is C23H22F3N5O2. The fourth-order valence-corrected chi connectivity index (χ4v) is 3.73. The van der Waals surface area contributed by atoms with Gasteiger partial charge in [-0.3, -0.25) is 13.9 Å². The molecule has 0 amide bonds. The van der Waals surface area contributed by atoms with Crippen LogP contribution in [0.4, 0.5) is 18.9 Å². The van der Waals surface area contributed by atoms with E-state index in [9.17, 15) is 18.0 Å². The number of nitrogens with zero attached hydrogens (tertiary/aromatic N) is 4. The lowest BCUT2D eigenvalue weighted by atomic mass is 9.99. The fraction of sp³-hybridized carbons (Fsp3) is 0.261. The van der Waals surface area contributed by atoms with E-state index in [1.54, 1.807) is 36.3 Å². The quantitative estimate of drug-likeness (QED) is 0.397. The summed E-state index contributed by atoms with van der Waals surface area (Å²) in [5.74, 6) is -0.440. The molecule has 3 heterocycles. The van der Waals surface area contributed by atoms with Gasteiger partial charge in [0.2, 0.25) is 0 Å². The smallest absolute Gasteiger partial charge is 0.389 e. The molecule has 0 atom stereocenters. The Morgan fingerprint density at radius 2 is 1.94 bits per heavy atom. The SMILES string of the molecule is CNc1cc(-c2cnc3cc(-c4cnn(C)c4)ccn23)cc(OC)c1C(=O)CCC(F)(F)F. The van der Waals surface area contributed by atoms with Crippen LogP contribution in [-0.4, -0.2) is 45.3 Å². The van der Waals surface area contributed by atoms with Crippen molar-refractivity contribution in [3.63, 3.8) is 0 Å². The average molecular weight is 457 g/mol. The van der Waals surface area contributed by atoms with Gasteiger partial charge in [-0.2, -0.15) is 18.3 Å². The first-order valence-corrected chi connectivity index (χ1v) is 10.2. The fourth-order valence-electron chi connectivity index (χ4n) is 3.73. The summed E-state index contributed by atoms with van der Waals surface area (Å²) in [6.45, 7) is 0. The topological polar surface area (TPSA) is 73.5 Å². The molecule has 0 aliphatic rings. The summed E-state index contributed by atoms with van der Waals surface area (Å²) in [5.41, 5.74) is 4.56. The summed E-state index contributed by atoms with van der Waals surface area (Å²) in [4.78, 5) is 17.1. The second-order valence-corrected chi connectivity index (χ2v) is 7.58. The highest BCUT2D eigenvalue weighted by Crippen LogP contribution is 2.36.